The number of ketones is 1. The van der Waals surface area contributed by atoms with Gasteiger partial charge in [-0.05, 0) is 64.2 Å². The van der Waals surface area contributed by atoms with Crippen LogP contribution in [0.5, 0.6) is 0 Å². The van der Waals surface area contributed by atoms with Crippen molar-refractivity contribution in [3.63, 3.8) is 0 Å². The van der Waals surface area contributed by atoms with Gasteiger partial charge in [-0.1, -0.05) is 48.5 Å². The second-order valence-electron chi connectivity index (χ2n) is 10.8. The Morgan fingerprint density at radius 2 is 1.85 bits per heavy atom. The van der Waals surface area contributed by atoms with Crippen LogP contribution in [0.4, 0.5) is 10.6 Å². The fourth-order valence-corrected chi connectivity index (χ4v) is 5.20. The van der Waals surface area contributed by atoms with Crippen LogP contribution in [0, 0.1) is 0 Å². The van der Waals surface area contributed by atoms with Gasteiger partial charge < -0.3 is 15.0 Å². The molecule has 0 aliphatic carbocycles. The van der Waals surface area contributed by atoms with E-state index in [9.17, 15) is 14.4 Å². The molecule has 0 radical (unpaired) electrons. The summed E-state index contributed by atoms with van der Waals surface area (Å²) in [6, 6.07) is 16.7. The first-order chi connectivity index (χ1) is 19.0. The van der Waals surface area contributed by atoms with Crippen molar-refractivity contribution in [3.05, 3.63) is 94.7 Å². The highest BCUT2D eigenvalue weighted by Gasteiger charge is 2.46. The Kier molecular flexibility index (Phi) is 8.54. The number of nitrogens with zero attached hydrogens (tertiary/aromatic N) is 4. The molecule has 2 heterocycles. The van der Waals surface area contributed by atoms with E-state index in [-0.39, 0.29) is 24.7 Å². The maximum atomic E-state index is 13.6. The SMILES string of the molecule is C/C=C/C(=O)Cc1cccc(C(=O)Nc2nn(C)c3c2CN(C(=O)O[C@H](CN(C)C)c2ccccc2)C3(C)C)c1. The number of rotatable bonds is 9. The van der Waals surface area contributed by atoms with Crippen molar-refractivity contribution >= 4 is 23.6 Å². The molecule has 9 heteroatoms. The Morgan fingerprint density at radius 3 is 2.52 bits per heavy atom. The van der Waals surface area contributed by atoms with Gasteiger partial charge in [0.05, 0.1) is 17.8 Å². The highest BCUT2D eigenvalue weighted by Crippen LogP contribution is 2.42. The first-order valence-electron chi connectivity index (χ1n) is 13.3. The molecule has 0 spiro atoms. The summed E-state index contributed by atoms with van der Waals surface area (Å²) in [4.78, 5) is 42.4. The standard InChI is InChI=1S/C31H37N5O4/c1-7-12-24(37)18-21-13-11-16-23(17-21)29(38)32-28-25-19-36(31(2,3)27(25)35(6)33-28)30(39)40-26(20-34(4)5)22-14-9-8-10-15-22/h7-17,26H,18-20H2,1-6H3,(H,32,33,38)/b12-7+/t26-/m1/s1. The van der Waals surface area contributed by atoms with Crippen LogP contribution in [-0.2, 0) is 35.1 Å². The number of aromatic nitrogens is 2. The number of aryl methyl sites for hydroxylation is 1. The Hall–Kier alpha value is -4.24. The second-order valence-corrected chi connectivity index (χ2v) is 10.8. The average Bonchev–Trinajstić information content (AvgIpc) is 3.37. The number of likely N-dealkylation sites (N-methyl/N-ethyl adjacent to an activating group) is 1. The fraction of sp³-hybridized carbons (Fsp3) is 0.355. The molecule has 2 aromatic carbocycles. The number of hydrogen-bond acceptors (Lipinski definition) is 6. The third kappa shape index (κ3) is 6.15. The zero-order valence-corrected chi connectivity index (χ0v) is 24.0. The van der Waals surface area contributed by atoms with E-state index in [1.165, 1.54) is 6.08 Å². The third-order valence-electron chi connectivity index (χ3n) is 7.03. The lowest BCUT2D eigenvalue weighted by atomic mass is 10.0. The van der Waals surface area contributed by atoms with Crippen molar-refractivity contribution in [2.45, 2.75) is 45.4 Å². The van der Waals surface area contributed by atoms with Crippen molar-refractivity contribution < 1.29 is 19.1 Å². The number of fused-ring (bicyclic) bond motifs is 1. The van der Waals surface area contributed by atoms with Crippen LogP contribution >= 0.6 is 0 Å². The highest BCUT2D eigenvalue weighted by atomic mass is 16.6. The monoisotopic (exact) mass is 543 g/mol. The first kappa shape index (κ1) is 28.8. The second kappa shape index (κ2) is 11.9. The van der Waals surface area contributed by atoms with Crippen LogP contribution in [0.1, 0.15) is 59.6 Å². The first-order valence-corrected chi connectivity index (χ1v) is 13.3. The summed E-state index contributed by atoms with van der Waals surface area (Å²) in [6.07, 6.45) is 2.56. The van der Waals surface area contributed by atoms with Crippen LogP contribution < -0.4 is 5.32 Å². The van der Waals surface area contributed by atoms with Gasteiger partial charge in [-0.2, -0.15) is 5.10 Å². The maximum absolute atomic E-state index is 13.6. The van der Waals surface area contributed by atoms with Gasteiger partial charge in [-0.3, -0.25) is 19.2 Å². The summed E-state index contributed by atoms with van der Waals surface area (Å²) < 4.78 is 7.76. The molecular weight excluding hydrogens is 506 g/mol. The van der Waals surface area contributed by atoms with E-state index in [0.29, 0.717) is 17.9 Å². The summed E-state index contributed by atoms with van der Waals surface area (Å²) in [5.41, 5.74) is 2.97. The quantitative estimate of drug-likeness (QED) is 0.388. The Balaban J connectivity index is 1.53. The molecule has 1 N–H and O–H groups in total. The third-order valence-corrected chi connectivity index (χ3v) is 7.03. The zero-order chi connectivity index (χ0) is 29.0. The molecule has 40 heavy (non-hydrogen) atoms. The molecule has 1 aliphatic heterocycles. The topological polar surface area (TPSA) is 96.8 Å². The largest absolute Gasteiger partial charge is 0.440 e. The molecule has 210 valence electrons. The number of anilines is 1. The van der Waals surface area contributed by atoms with Gasteiger partial charge in [0.15, 0.2) is 11.6 Å². The van der Waals surface area contributed by atoms with Crippen LogP contribution in [0.3, 0.4) is 0 Å². The molecule has 9 nitrogen and oxygen atoms in total. The van der Waals surface area contributed by atoms with Gasteiger partial charge in [0.25, 0.3) is 5.91 Å². The molecule has 0 saturated heterocycles. The molecule has 1 atom stereocenters. The van der Waals surface area contributed by atoms with Gasteiger partial charge in [0, 0.05) is 31.1 Å². The highest BCUT2D eigenvalue weighted by molar-refractivity contribution is 6.04. The lowest BCUT2D eigenvalue weighted by molar-refractivity contribution is -0.114. The van der Waals surface area contributed by atoms with Gasteiger partial charge >= 0.3 is 6.09 Å². The molecule has 1 aromatic heterocycles. The van der Waals surface area contributed by atoms with Gasteiger partial charge in [-0.25, -0.2) is 4.79 Å². The van der Waals surface area contributed by atoms with Crippen LogP contribution in [0.2, 0.25) is 0 Å². The summed E-state index contributed by atoms with van der Waals surface area (Å²) in [5, 5.41) is 7.49. The minimum absolute atomic E-state index is 0.0307. The lowest BCUT2D eigenvalue weighted by Gasteiger charge is -2.33. The minimum atomic E-state index is -0.719. The number of carbonyl (C=O) groups excluding carboxylic acids is 3. The normalized spacial score (nSPS) is 14.8. The zero-order valence-electron chi connectivity index (χ0n) is 24.0. The van der Waals surface area contributed by atoms with E-state index >= 15 is 0 Å². The summed E-state index contributed by atoms with van der Waals surface area (Å²) in [5.74, 6) is 0.0289. The molecule has 0 saturated carbocycles. The molecule has 0 fully saturated rings. The van der Waals surface area contributed by atoms with Gasteiger partial charge in [-0.15, -0.1) is 0 Å². The fourth-order valence-electron chi connectivity index (χ4n) is 5.20. The van der Waals surface area contributed by atoms with Crippen molar-refractivity contribution in [3.8, 4) is 0 Å². The van der Waals surface area contributed by atoms with Crippen molar-refractivity contribution in [2.24, 2.45) is 7.05 Å². The van der Waals surface area contributed by atoms with Crippen LogP contribution in [0.25, 0.3) is 0 Å². The summed E-state index contributed by atoms with van der Waals surface area (Å²) in [7, 11) is 5.68. The predicted molar refractivity (Wildman–Crippen MR) is 154 cm³/mol. The van der Waals surface area contributed by atoms with E-state index in [1.807, 2.05) is 69.2 Å². The van der Waals surface area contributed by atoms with E-state index in [1.54, 1.807) is 47.8 Å². The number of ether oxygens (including phenoxy) is 1. The number of hydrogen-bond donors (Lipinski definition) is 1. The van der Waals surface area contributed by atoms with E-state index in [0.717, 1.165) is 22.4 Å². The summed E-state index contributed by atoms with van der Waals surface area (Å²) in [6.45, 7) is 6.47. The van der Waals surface area contributed by atoms with E-state index < -0.39 is 17.7 Å². The van der Waals surface area contributed by atoms with Gasteiger partial charge in [0.1, 0.15) is 6.10 Å². The number of benzene rings is 2. The molecule has 4 rings (SSSR count). The molecule has 1 aliphatic rings. The van der Waals surface area contributed by atoms with Gasteiger partial charge in [0.2, 0.25) is 0 Å². The van der Waals surface area contributed by atoms with E-state index in [2.05, 4.69) is 10.4 Å². The predicted octanol–water partition coefficient (Wildman–Crippen LogP) is 4.85. The Bertz CT molecular complexity index is 1420. The maximum Gasteiger partial charge on any atom is 0.411 e. The molecule has 2 amide bonds. The molecular formula is C31H37N5O4. The van der Waals surface area contributed by atoms with Crippen molar-refractivity contribution in [2.75, 3.05) is 26.0 Å². The van der Waals surface area contributed by atoms with Crippen LogP contribution in [0.15, 0.2) is 66.7 Å². The smallest absolute Gasteiger partial charge is 0.411 e. The number of nitrogens with one attached hydrogen (secondary N) is 1. The van der Waals surface area contributed by atoms with Crippen molar-refractivity contribution in [1.82, 2.24) is 19.6 Å². The van der Waals surface area contributed by atoms with E-state index in [4.69, 9.17) is 4.74 Å². The van der Waals surface area contributed by atoms with Crippen LogP contribution in [-0.4, -0.2) is 58.0 Å². The number of carbonyl (C=O) groups is 3. The lowest BCUT2D eigenvalue weighted by Crippen LogP contribution is -2.42. The Morgan fingerprint density at radius 1 is 1.12 bits per heavy atom. The average molecular weight is 544 g/mol. The number of allylic oxidation sites excluding steroid dienone is 2. The van der Waals surface area contributed by atoms with Crippen molar-refractivity contribution in [1.29, 1.82) is 0 Å². The Labute approximate surface area is 235 Å². The molecule has 0 bridgehead atoms. The number of amides is 2. The summed E-state index contributed by atoms with van der Waals surface area (Å²) >= 11 is 0. The molecule has 0 unspecified atom stereocenters. The minimum Gasteiger partial charge on any atom is -0.440 e. The molecule has 3 aromatic rings.